The van der Waals surface area contributed by atoms with Crippen LogP contribution in [0, 0.1) is 12.3 Å². The maximum absolute atomic E-state index is 12.6. The smallest absolute Gasteiger partial charge is 0.254 e. The Labute approximate surface area is 132 Å². The van der Waals surface area contributed by atoms with E-state index in [1.54, 1.807) is 18.3 Å². The van der Waals surface area contributed by atoms with Crippen LogP contribution in [0.25, 0.3) is 0 Å². The van der Waals surface area contributed by atoms with Gasteiger partial charge in [-0.25, -0.2) is 4.98 Å². The second kappa shape index (κ2) is 7.81. The molecule has 2 rings (SSSR count). The summed E-state index contributed by atoms with van der Waals surface area (Å²) in [5.41, 5.74) is 0.624. The first-order chi connectivity index (χ1) is 10.6. The molecule has 2 heterocycles. The van der Waals surface area contributed by atoms with Gasteiger partial charge in [-0.3, -0.25) is 9.69 Å². The van der Waals surface area contributed by atoms with Crippen LogP contribution in [0.1, 0.15) is 30.6 Å². The van der Waals surface area contributed by atoms with E-state index in [0.29, 0.717) is 31.1 Å². The van der Waals surface area contributed by atoms with Gasteiger partial charge in [-0.15, -0.1) is 6.42 Å². The Balaban J connectivity index is 1.98. The summed E-state index contributed by atoms with van der Waals surface area (Å²) in [6.07, 6.45) is 7.93. The predicted molar refractivity (Wildman–Crippen MR) is 85.8 cm³/mol. The molecule has 1 saturated heterocycles. The van der Waals surface area contributed by atoms with Crippen LogP contribution in [0.15, 0.2) is 18.3 Å². The highest BCUT2D eigenvalue weighted by Crippen LogP contribution is 2.15. The first kappa shape index (κ1) is 16.3. The fourth-order valence-electron chi connectivity index (χ4n) is 2.32. The molecule has 5 heteroatoms. The van der Waals surface area contributed by atoms with Gasteiger partial charge in [0.1, 0.15) is 0 Å². The minimum atomic E-state index is 0.0248. The van der Waals surface area contributed by atoms with Crippen LogP contribution in [-0.2, 0) is 0 Å². The van der Waals surface area contributed by atoms with Crippen molar-refractivity contribution in [2.45, 2.75) is 26.4 Å². The number of carbonyl (C=O) groups excluding carboxylic acids is 1. The Kier molecular flexibility index (Phi) is 5.79. The molecule has 1 atom stereocenters. The standard InChI is InChI=1S/C17H23N3O2/c1-4-8-19-9-11-20(12-10-19)17(21)15-6-7-18-16(13-15)22-14(3)5-2/h1,6-7,13-14H,5,8-12H2,2-3H3/t14-/m0/s1. The van der Waals surface area contributed by atoms with Crippen LogP contribution in [0.2, 0.25) is 0 Å². The van der Waals surface area contributed by atoms with Gasteiger partial charge in [-0.1, -0.05) is 12.8 Å². The molecule has 0 saturated carbocycles. The van der Waals surface area contributed by atoms with E-state index in [1.165, 1.54) is 0 Å². The highest BCUT2D eigenvalue weighted by atomic mass is 16.5. The molecule has 1 fully saturated rings. The average molecular weight is 301 g/mol. The van der Waals surface area contributed by atoms with Crippen molar-refractivity contribution in [2.24, 2.45) is 0 Å². The summed E-state index contributed by atoms with van der Waals surface area (Å²) in [5.74, 6) is 3.17. The van der Waals surface area contributed by atoms with Crippen molar-refractivity contribution in [3.8, 4) is 18.2 Å². The summed E-state index contributed by atoms with van der Waals surface area (Å²) in [7, 11) is 0. The molecule has 1 aliphatic rings. The third-order valence-electron chi connectivity index (χ3n) is 3.85. The highest BCUT2D eigenvalue weighted by Gasteiger charge is 2.22. The number of terminal acetylenes is 1. The molecule has 0 bridgehead atoms. The van der Waals surface area contributed by atoms with E-state index in [-0.39, 0.29) is 12.0 Å². The first-order valence-electron chi connectivity index (χ1n) is 7.71. The summed E-state index contributed by atoms with van der Waals surface area (Å²) in [6.45, 7) is 7.71. The van der Waals surface area contributed by atoms with Crippen LogP contribution < -0.4 is 4.74 Å². The molecule has 0 radical (unpaired) electrons. The van der Waals surface area contributed by atoms with Gasteiger partial charge in [0, 0.05) is 44.0 Å². The largest absolute Gasteiger partial charge is 0.475 e. The predicted octanol–water partition coefficient (Wildman–Crippen LogP) is 1.65. The number of rotatable bonds is 5. The Bertz CT molecular complexity index is 545. The fourth-order valence-corrected chi connectivity index (χ4v) is 2.32. The Hall–Kier alpha value is -2.06. The molecule has 1 amide bonds. The molecule has 1 aromatic heterocycles. The molecular weight excluding hydrogens is 278 g/mol. The number of hydrogen-bond donors (Lipinski definition) is 0. The zero-order valence-electron chi connectivity index (χ0n) is 13.3. The summed E-state index contributed by atoms with van der Waals surface area (Å²) in [6, 6.07) is 3.46. The Morgan fingerprint density at radius 3 is 2.82 bits per heavy atom. The molecular formula is C17H23N3O2. The van der Waals surface area contributed by atoms with Crippen molar-refractivity contribution in [1.82, 2.24) is 14.8 Å². The van der Waals surface area contributed by atoms with E-state index in [0.717, 1.165) is 19.5 Å². The third kappa shape index (κ3) is 4.22. The van der Waals surface area contributed by atoms with Crippen molar-refractivity contribution in [2.75, 3.05) is 32.7 Å². The van der Waals surface area contributed by atoms with Gasteiger partial charge >= 0.3 is 0 Å². The fraction of sp³-hybridized carbons (Fsp3) is 0.529. The van der Waals surface area contributed by atoms with Crippen molar-refractivity contribution in [3.63, 3.8) is 0 Å². The van der Waals surface area contributed by atoms with E-state index in [1.807, 2.05) is 11.8 Å². The lowest BCUT2D eigenvalue weighted by Gasteiger charge is -2.33. The zero-order chi connectivity index (χ0) is 15.9. The molecule has 0 spiro atoms. The summed E-state index contributed by atoms with van der Waals surface area (Å²) in [4.78, 5) is 20.8. The topological polar surface area (TPSA) is 45.7 Å². The lowest BCUT2D eigenvalue weighted by atomic mass is 10.2. The van der Waals surface area contributed by atoms with E-state index in [4.69, 9.17) is 11.2 Å². The summed E-state index contributed by atoms with van der Waals surface area (Å²) in [5, 5.41) is 0. The van der Waals surface area contributed by atoms with Crippen molar-refractivity contribution >= 4 is 5.91 Å². The molecule has 0 unspecified atom stereocenters. The minimum Gasteiger partial charge on any atom is -0.475 e. The maximum atomic E-state index is 12.6. The van der Waals surface area contributed by atoms with Gasteiger partial charge in [-0.05, 0) is 19.4 Å². The minimum absolute atomic E-state index is 0.0248. The van der Waals surface area contributed by atoms with Gasteiger partial charge in [0.2, 0.25) is 5.88 Å². The van der Waals surface area contributed by atoms with E-state index < -0.39 is 0 Å². The molecule has 0 N–H and O–H groups in total. The maximum Gasteiger partial charge on any atom is 0.254 e. The average Bonchev–Trinajstić information content (AvgIpc) is 2.55. The number of amides is 1. The third-order valence-corrected chi connectivity index (χ3v) is 3.85. The normalized spacial score (nSPS) is 16.9. The molecule has 0 aromatic carbocycles. The molecule has 1 aliphatic heterocycles. The van der Waals surface area contributed by atoms with Crippen LogP contribution in [0.3, 0.4) is 0 Å². The monoisotopic (exact) mass is 301 g/mol. The second-order valence-corrected chi connectivity index (χ2v) is 5.49. The molecule has 118 valence electrons. The van der Waals surface area contributed by atoms with Crippen LogP contribution in [0.4, 0.5) is 0 Å². The Morgan fingerprint density at radius 1 is 1.45 bits per heavy atom. The van der Waals surface area contributed by atoms with Gasteiger partial charge in [-0.2, -0.15) is 0 Å². The van der Waals surface area contributed by atoms with Crippen LogP contribution >= 0.6 is 0 Å². The number of nitrogens with zero attached hydrogens (tertiary/aromatic N) is 3. The van der Waals surface area contributed by atoms with Crippen LogP contribution in [0.5, 0.6) is 5.88 Å². The van der Waals surface area contributed by atoms with Crippen molar-refractivity contribution < 1.29 is 9.53 Å². The van der Waals surface area contributed by atoms with Crippen LogP contribution in [-0.4, -0.2) is 59.5 Å². The van der Waals surface area contributed by atoms with Gasteiger partial charge in [0.15, 0.2) is 0 Å². The quantitative estimate of drug-likeness (QED) is 0.776. The number of carbonyl (C=O) groups is 1. The zero-order valence-corrected chi connectivity index (χ0v) is 13.3. The van der Waals surface area contributed by atoms with Gasteiger partial charge in [0.05, 0.1) is 12.6 Å². The molecule has 22 heavy (non-hydrogen) atoms. The first-order valence-corrected chi connectivity index (χ1v) is 7.71. The number of piperazine rings is 1. The molecule has 5 nitrogen and oxygen atoms in total. The SMILES string of the molecule is C#CCN1CCN(C(=O)c2ccnc(O[C@@H](C)CC)c2)CC1. The van der Waals surface area contributed by atoms with Gasteiger partial charge in [0.25, 0.3) is 5.91 Å². The van der Waals surface area contributed by atoms with Crippen molar-refractivity contribution in [1.29, 1.82) is 0 Å². The van der Waals surface area contributed by atoms with E-state index in [9.17, 15) is 4.79 Å². The lowest BCUT2D eigenvalue weighted by Crippen LogP contribution is -2.48. The second-order valence-electron chi connectivity index (χ2n) is 5.49. The van der Waals surface area contributed by atoms with E-state index in [2.05, 4.69) is 22.7 Å². The Morgan fingerprint density at radius 2 is 2.18 bits per heavy atom. The van der Waals surface area contributed by atoms with E-state index >= 15 is 0 Å². The summed E-state index contributed by atoms with van der Waals surface area (Å²) >= 11 is 0. The number of hydrogen-bond acceptors (Lipinski definition) is 4. The van der Waals surface area contributed by atoms with Gasteiger partial charge < -0.3 is 9.64 Å². The molecule has 1 aromatic rings. The number of ether oxygens (including phenoxy) is 1. The number of pyridine rings is 1. The number of aromatic nitrogens is 1. The summed E-state index contributed by atoms with van der Waals surface area (Å²) < 4.78 is 5.68. The lowest BCUT2D eigenvalue weighted by molar-refractivity contribution is 0.0651. The highest BCUT2D eigenvalue weighted by molar-refractivity contribution is 5.94. The van der Waals surface area contributed by atoms with Crippen molar-refractivity contribution in [3.05, 3.63) is 23.9 Å². The molecule has 0 aliphatic carbocycles.